The van der Waals surface area contributed by atoms with Crippen molar-refractivity contribution in [2.75, 3.05) is 19.8 Å². The van der Waals surface area contributed by atoms with Gasteiger partial charge in [-0.2, -0.15) is 5.26 Å². The van der Waals surface area contributed by atoms with Gasteiger partial charge in [0.2, 0.25) is 0 Å². The molecule has 0 aliphatic heterocycles. The Hall–Kier alpha value is -3.52. The molecule has 0 spiro atoms. The van der Waals surface area contributed by atoms with Crippen molar-refractivity contribution >= 4 is 18.1 Å². The van der Waals surface area contributed by atoms with Gasteiger partial charge in [-0.3, -0.25) is 0 Å². The van der Waals surface area contributed by atoms with Gasteiger partial charge in [-0.05, 0) is 61.6 Å². The molecule has 0 aliphatic rings. The summed E-state index contributed by atoms with van der Waals surface area (Å²) < 4.78 is 17.7. The van der Waals surface area contributed by atoms with Gasteiger partial charge in [0.15, 0.2) is 11.5 Å². The van der Waals surface area contributed by atoms with Gasteiger partial charge in [0, 0.05) is 5.57 Å². The molecule has 0 aliphatic carbocycles. The van der Waals surface area contributed by atoms with Gasteiger partial charge in [0.05, 0.1) is 31.5 Å². The van der Waals surface area contributed by atoms with Crippen molar-refractivity contribution in [2.45, 2.75) is 142 Å². The SMILES string of the molecule is C=C(C)C(=O)OCCCCCCCCCCCCOc1cc(/C=C/c2ccc(C#N)cc2)ccc1OCCCCCCCCCCCC. The number of hydrogen-bond acceptors (Lipinski definition) is 5. The van der Waals surface area contributed by atoms with Crippen LogP contribution in [0.2, 0.25) is 0 Å². The Morgan fingerprint density at radius 2 is 1.06 bits per heavy atom. The fourth-order valence-corrected chi connectivity index (χ4v) is 5.58. The molecule has 264 valence electrons. The highest BCUT2D eigenvalue weighted by Crippen LogP contribution is 2.30. The first-order chi connectivity index (χ1) is 23.5. The molecule has 48 heavy (non-hydrogen) atoms. The van der Waals surface area contributed by atoms with E-state index in [0.29, 0.717) is 24.4 Å². The first-order valence-corrected chi connectivity index (χ1v) is 18.9. The predicted molar refractivity (Wildman–Crippen MR) is 201 cm³/mol. The Bertz CT molecular complexity index is 1210. The summed E-state index contributed by atoms with van der Waals surface area (Å²) in [6.45, 7) is 9.47. The van der Waals surface area contributed by atoms with Crippen molar-refractivity contribution < 1.29 is 19.0 Å². The second kappa shape index (κ2) is 27.4. The number of unbranched alkanes of at least 4 members (excludes halogenated alkanes) is 18. The van der Waals surface area contributed by atoms with E-state index < -0.39 is 0 Å². The number of carbonyl (C=O) groups excluding carboxylic acids is 1. The van der Waals surface area contributed by atoms with E-state index in [2.05, 4.69) is 43.9 Å². The minimum Gasteiger partial charge on any atom is -0.490 e. The Morgan fingerprint density at radius 3 is 1.56 bits per heavy atom. The summed E-state index contributed by atoms with van der Waals surface area (Å²) in [6.07, 6.45) is 29.0. The molecule has 2 aromatic carbocycles. The van der Waals surface area contributed by atoms with E-state index in [0.717, 1.165) is 54.9 Å². The molecule has 2 rings (SSSR count). The quantitative estimate of drug-likeness (QED) is 0.0377. The van der Waals surface area contributed by atoms with Crippen LogP contribution in [0.15, 0.2) is 54.6 Å². The lowest BCUT2D eigenvalue weighted by atomic mass is 10.1. The van der Waals surface area contributed by atoms with Crippen LogP contribution in [0.5, 0.6) is 11.5 Å². The van der Waals surface area contributed by atoms with Crippen LogP contribution >= 0.6 is 0 Å². The number of nitrogens with zero attached hydrogens (tertiary/aromatic N) is 1. The van der Waals surface area contributed by atoms with E-state index in [4.69, 9.17) is 19.5 Å². The van der Waals surface area contributed by atoms with E-state index in [1.54, 1.807) is 6.92 Å². The first kappa shape index (κ1) is 40.7. The second-order valence-electron chi connectivity index (χ2n) is 13.1. The van der Waals surface area contributed by atoms with E-state index in [1.165, 1.54) is 103 Å². The van der Waals surface area contributed by atoms with Crippen LogP contribution in [0.4, 0.5) is 0 Å². The Labute approximate surface area is 292 Å². The number of esters is 1. The molecular weight excluding hydrogens is 594 g/mol. The molecule has 0 N–H and O–H groups in total. The monoisotopic (exact) mass is 657 g/mol. The average molecular weight is 658 g/mol. The largest absolute Gasteiger partial charge is 0.490 e. The minimum atomic E-state index is -0.282. The fourth-order valence-electron chi connectivity index (χ4n) is 5.58. The first-order valence-electron chi connectivity index (χ1n) is 18.9. The molecule has 0 heterocycles. The van der Waals surface area contributed by atoms with E-state index in [-0.39, 0.29) is 5.97 Å². The topological polar surface area (TPSA) is 68.5 Å². The van der Waals surface area contributed by atoms with E-state index >= 15 is 0 Å². The lowest BCUT2D eigenvalue weighted by Gasteiger charge is -2.14. The van der Waals surface area contributed by atoms with Crippen molar-refractivity contribution in [2.24, 2.45) is 0 Å². The van der Waals surface area contributed by atoms with Gasteiger partial charge in [-0.1, -0.05) is 153 Å². The molecule has 0 saturated carbocycles. The maximum absolute atomic E-state index is 11.4. The zero-order valence-electron chi connectivity index (χ0n) is 30.2. The molecule has 5 heteroatoms. The third-order valence-corrected chi connectivity index (χ3v) is 8.61. The van der Waals surface area contributed by atoms with Gasteiger partial charge in [-0.15, -0.1) is 0 Å². The van der Waals surface area contributed by atoms with Crippen LogP contribution in [0.1, 0.15) is 159 Å². The summed E-state index contributed by atoms with van der Waals surface area (Å²) in [7, 11) is 0. The van der Waals surface area contributed by atoms with Crippen molar-refractivity contribution in [3.63, 3.8) is 0 Å². The third-order valence-electron chi connectivity index (χ3n) is 8.61. The number of ether oxygens (including phenoxy) is 3. The molecule has 0 fully saturated rings. The third kappa shape index (κ3) is 20.0. The second-order valence-corrected chi connectivity index (χ2v) is 13.1. The van der Waals surface area contributed by atoms with Crippen LogP contribution in [-0.4, -0.2) is 25.8 Å². The molecule has 0 bridgehead atoms. The molecular formula is C43H63NO4. The molecule has 2 aromatic rings. The smallest absolute Gasteiger partial charge is 0.333 e. The Kier molecular flexibility index (Phi) is 23.2. The Morgan fingerprint density at radius 1 is 0.625 bits per heavy atom. The van der Waals surface area contributed by atoms with Gasteiger partial charge >= 0.3 is 5.97 Å². The zero-order valence-corrected chi connectivity index (χ0v) is 30.2. The van der Waals surface area contributed by atoms with E-state index in [9.17, 15) is 4.79 Å². The number of rotatable bonds is 29. The molecule has 0 aromatic heterocycles. The van der Waals surface area contributed by atoms with Crippen LogP contribution in [0.3, 0.4) is 0 Å². The highest BCUT2D eigenvalue weighted by molar-refractivity contribution is 5.86. The van der Waals surface area contributed by atoms with Crippen molar-refractivity contribution in [3.8, 4) is 17.6 Å². The molecule has 0 saturated heterocycles. The summed E-state index contributed by atoms with van der Waals surface area (Å²) >= 11 is 0. The summed E-state index contributed by atoms with van der Waals surface area (Å²) in [6, 6.07) is 16.0. The maximum atomic E-state index is 11.4. The molecule has 5 nitrogen and oxygen atoms in total. The van der Waals surface area contributed by atoms with Crippen LogP contribution in [-0.2, 0) is 9.53 Å². The average Bonchev–Trinajstić information content (AvgIpc) is 3.10. The maximum Gasteiger partial charge on any atom is 0.333 e. The van der Waals surface area contributed by atoms with Gasteiger partial charge in [0.25, 0.3) is 0 Å². The standard InChI is InChI=1S/C43H63NO4/c1-4-5-6-7-8-9-12-15-18-21-32-46-41-31-30-39(27-24-38-25-28-40(36-44)29-26-38)35-42(41)47-33-22-19-16-13-10-11-14-17-20-23-34-48-43(45)37(2)3/h24-31,35H,2,4-23,32-34H2,1,3H3/b27-24+. The summed E-state index contributed by atoms with van der Waals surface area (Å²) in [5.41, 5.74) is 3.25. The molecule has 0 amide bonds. The van der Waals surface area contributed by atoms with Crippen molar-refractivity contribution in [1.29, 1.82) is 5.26 Å². The van der Waals surface area contributed by atoms with Gasteiger partial charge < -0.3 is 14.2 Å². The van der Waals surface area contributed by atoms with E-state index in [1.807, 2.05) is 30.3 Å². The highest BCUT2D eigenvalue weighted by Gasteiger charge is 2.07. The molecule has 0 atom stereocenters. The van der Waals surface area contributed by atoms with Crippen LogP contribution < -0.4 is 9.47 Å². The van der Waals surface area contributed by atoms with Gasteiger partial charge in [0.1, 0.15) is 0 Å². The van der Waals surface area contributed by atoms with Gasteiger partial charge in [-0.25, -0.2) is 4.79 Å². The van der Waals surface area contributed by atoms with Crippen LogP contribution in [0, 0.1) is 11.3 Å². The predicted octanol–water partition coefficient (Wildman–Crippen LogP) is 12.4. The Balaban J connectivity index is 1.69. The minimum absolute atomic E-state index is 0.282. The molecule has 0 unspecified atom stereocenters. The summed E-state index contributed by atoms with van der Waals surface area (Å²) in [5, 5.41) is 9.06. The normalized spacial score (nSPS) is 11.0. The lowest BCUT2D eigenvalue weighted by molar-refractivity contribution is -0.139. The van der Waals surface area contributed by atoms with Crippen molar-refractivity contribution in [1.82, 2.24) is 0 Å². The van der Waals surface area contributed by atoms with Crippen molar-refractivity contribution in [3.05, 3.63) is 71.3 Å². The number of hydrogen-bond donors (Lipinski definition) is 0. The highest BCUT2D eigenvalue weighted by atomic mass is 16.5. The number of carbonyl (C=O) groups is 1. The number of benzene rings is 2. The van der Waals surface area contributed by atoms with Crippen LogP contribution in [0.25, 0.3) is 12.2 Å². The summed E-state index contributed by atoms with van der Waals surface area (Å²) in [5.74, 6) is 1.37. The zero-order chi connectivity index (χ0) is 34.5. The molecule has 0 radical (unpaired) electrons. The lowest BCUT2D eigenvalue weighted by Crippen LogP contribution is -2.05. The fraction of sp³-hybridized carbons (Fsp3) is 0.581. The number of nitriles is 1. The summed E-state index contributed by atoms with van der Waals surface area (Å²) in [4.78, 5) is 11.4.